The minimum atomic E-state index is 0. The largest absolute Gasteiger partial charge is 0.501 e. The van der Waals surface area contributed by atoms with Crippen LogP contribution in [0.2, 0.25) is 0 Å². The molecule has 4 nitrogen and oxygen atoms in total. The standard InChI is InChI=1S/C17H10NO.C16H11N2.Ir/c1-2-10-16-12(6-1)13-7-5-8-14(17(13)19-16)15-9-3-4-11-18-15;1-2-6-13(7-3-1)16-17-14-10-4-8-12-9-5-11-18(16)15(12)14;/h1-7,9-11H;1-6,8-10H,11H2;/q2*-1;. The first-order valence-electron chi connectivity index (χ1n) is 12.2. The van der Waals surface area contributed by atoms with Gasteiger partial charge in [-0.1, -0.05) is 65.6 Å². The quantitative estimate of drug-likeness (QED) is 0.176. The minimum Gasteiger partial charge on any atom is -0.501 e. The molecule has 0 saturated heterocycles. The van der Waals surface area contributed by atoms with Gasteiger partial charge in [0.15, 0.2) is 0 Å². The number of nitrogens with zero attached hydrogens (tertiary/aromatic N) is 3. The molecule has 0 aliphatic carbocycles. The van der Waals surface area contributed by atoms with E-state index in [4.69, 9.17) is 9.40 Å². The number of imidazole rings is 1. The van der Waals surface area contributed by atoms with Crippen LogP contribution in [-0.2, 0) is 26.7 Å². The van der Waals surface area contributed by atoms with Gasteiger partial charge in [-0.05, 0) is 29.5 Å². The van der Waals surface area contributed by atoms with Crippen molar-refractivity contribution >= 4 is 39.0 Å². The van der Waals surface area contributed by atoms with E-state index in [1.165, 1.54) is 11.1 Å². The monoisotopic (exact) mass is 668 g/mol. The van der Waals surface area contributed by atoms with Gasteiger partial charge in [0, 0.05) is 38.2 Å². The summed E-state index contributed by atoms with van der Waals surface area (Å²) in [4.78, 5) is 9.12. The van der Waals surface area contributed by atoms with Gasteiger partial charge in [-0.15, -0.1) is 54.1 Å². The van der Waals surface area contributed by atoms with Gasteiger partial charge < -0.3 is 14.0 Å². The van der Waals surface area contributed by atoms with E-state index in [1.54, 1.807) is 6.20 Å². The molecule has 0 spiro atoms. The summed E-state index contributed by atoms with van der Waals surface area (Å²) >= 11 is 0. The van der Waals surface area contributed by atoms with Crippen molar-refractivity contribution in [3.8, 4) is 22.6 Å². The van der Waals surface area contributed by atoms with Crippen LogP contribution in [0.5, 0.6) is 0 Å². The van der Waals surface area contributed by atoms with E-state index in [2.05, 4.69) is 64.2 Å². The van der Waals surface area contributed by atoms with E-state index in [0.29, 0.717) is 0 Å². The number of furan rings is 1. The molecular weight excluding hydrogens is 647 g/mol. The molecule has 38 heavy (non-hydrogen) atoms. The number of rotatable bonds is 2. The smallest absolute Gasteiger partial charge is 0.120 e. The number of hydrogen-bond donors (Lipinski definition) is 0. The van der Waals surface area contributed by atoms with Crippen LogP contribution < -0.4 is 0 Å². The van der Waals surface area contributed by atoms with Crippen LogP contribution in [0.3, 0.4) is 0 Å². The van der Waals surface area contributed by atoms with Crippen molar-refractivity contribution in [3.05, 3.63) is 127 Å². The topological polar surface area (TPSA) is 43.9 Å². The maximum atomic E-state index is 5.97. The van der Waals surface area contributed by atoms with Gasteiger partial charge >= 0.3 is 0 Å². The van der Waals surface area contributed by atoms with Crippen molar-refractivity contribution in [2.45, 2.75) is 6.54 Å². The molecule has 0 amide bonds. The Morgan fingerprint density at radius 2 is 1.68 bits per heavy atom. The van der Waals surface area contributed by atoms with Gasteiger partial charge in [-0.25, -0.2) is 0 Å². The molecule has 0 fully saturated rings. The number of pyridine rings is 1. The van der Waals surface area contributed by atoms with Crippen LogP contribution >= 0.6 is 0 Å². The molecule has 7 aromatic rings. The summed E-state index contributed by atoms with van der Waals surface area (Å²) in [5.74, 6) is 1.00. The minimum absolute atomic E-state index is 0. The maximum absolute atomic E-state index is 5.97. The molecule has 4 aromatic carbocycles. The van der Waals surface area contributed by atoms with Crippen LogP contribution in [0.4, 0.5) is 0 Å². The zero-order valence-electron chi connectivity index (χ0n) is 20.3. The van der Waals surface area contributed by atoms with E-state index < -0.39 is 0 Å². The number of allylic oxidation sites excluding steroid dienone is 1. The van der Waals surface area contributed by atoms with E-state index in [0.717, 1.165) is 56.6 Å². The predicted octanol–water partition coefficient (Wildman–Crippen LogP) is 7.98. The van der Waals surface area contributed by atoms with Gasteiger partial charge in [0.05, 0.1) is 22.4 Å². The Morgan fingerprint density at radius 1 is 0.789 bits per heavy atom. The molecule has 1 aliphatic rings. The van der Waals surface area contributed by atoms with Gasteiger partial charge in [-0.3, -0.25) is 4.98 Å². The summed E-state index contributed by atoms with van der Waals surface area (Å²) in [5.41, 5.74) is 8.12. The number of para-hydroxylation sites is 2. The summed E-state index contributed by atoms with van der Waals surface area (Å²) in [6.45, 7) is 0.881. The number of benzene rings is 4. The Balaban J connectivity index is 0.000000136. The Kier molecular flexibility index (Phi) is 6.47. The second kappa shape index (κ2) is 10.2. The third-order valence-corrected chi connectivity index (χ3v) is 6.59. The molecule has 1 radical (unpaired) electrons. The van der Waals surface area contributed by atoms with Crippen molar-refractivity contribution in [1.82, 2.24) is 14.5 Å². The van der Waals surface area contributed by atoms with Crippen LogP contribution in [0.1, 0.15) is 5.56 Å². The zero-order valence-corrected chi connectivity index (χ0v) is 22.7. The Bertz CT molecular complexity index is 1900. The Hall–Kier alpha value is -4.31. The first kappa shape index (κ1) is 24.1. The second-order valence-corrected chi connectivity index (χ2v) is 8.85. The summed E-state index contributed by atoms with van der Waals surface area (Å²) in [6.07, 6.45) is 6.13. The van der Waals surface area contributed by atoms with Gasteiger partial charge in [0.25, 0.3) is 0 Å². The first-order chi connectivity index (χ1) is 18.4. The van der Waals surface area contributed by atoms with E-state index in [9.17, 15) is 0 Å². The van der Waals surface area contributed by atoms with E-state index in [1.807, 2.05) is 66.7 Å². The predicted molar refractivity (Wildman–Crippen MR) is 149 cm³/mol. The Morgan fingerprint density at radius 3 is 2.55 bits per heavy atom. The average molecular weight is 668 g/mol. The SMILES string of the molecule is [Ir].[c-]1ccc2c(oc3ccccc32)c1-c1ccccn1.[c-]1ccccc1-c1nc2cccc3c2n1CC=C3. The molecule has 4 heterocycles. The van der Waals surface area contributed by atoms with Crippen LogP contribution in [0.25, 0.3) is 61.7 Å². The zero-order chi connectivity index (χ0) is 24.6. The van der Waals surface area contributed by atoms with Gasteiger partial charge in [-0.2, -0.15) is 0 Å². The molecule has 0 unspecified atom stereocenters. The van der Waals surface area contributed by atoms with Crippen molar-refractivity contribution in [2.24, 2.45) is 0 Å². The molecule has 185 valence electrons. The molecule has 5 heteroatoms. The van der Waals surface area contributed by atoms with Gasteiger partial charge in [0.2, 0.25) is 0 Å². The van der Waals surface area contributed by atoms with E-state index >= 15 is 0 Å². The van der Waals surface area contributed by atoms with Crippen molar-refractivity contribution in [2.75, 3.05) is 0 Å². The van der Waals surface area contributed by atoms with E-state index in [-0.39, 0.29) is 20.1 Å². The average Bonchev–Trinajstić information content (AvgIpc) is 3.55. The van der Waals surface area contributed by atoms with Crippen molar-refractivity contribution in [1.29, 1.82) is 0 Å². The number of fused-ring (bicyclic) bond motifs is 3. The molecule has 0 bridgehead atoms. The third kappa shape index (κ3) is 4.16. The fourth-order valence-electron chi connectivity index (χ4n) is 4.94. The van der Waals surface area contributed by atoms with Gasteiger partial charge in [0.1, 0.15) is 5.58 Å². The fraction of sp³-hybridized carbons (Fsp3) is 0.0303. The number of aromatic nitrogens is 3. The molecule has 8 rings (SSSR count). The maximum Gasteiger partial charge on any atom is 0.120 e. The number of hydrogen-bond acceptors (Lipinski definition) is 3. The summed E-state index contributed by atoms with van der Waals surface area (Å²) < 4.78 is 8.23. The molecular formula is C33H21IrN3O-2. The second-order valence-electron chi connectivity index (χ2n) is 8.85. The van der Waals surface area contributed by atoms with Crippen LogP contribution in [-0.4, -0.2) is 14.5 Å². The van der Waals surface area contributed by atoms with Crippen molar-refractivity contribution in [3.63, 3.8) is 0 Å². The fourth-order valence-corrected chi connectivity index (χ4v) is 4.94. The molecule has 0 N–H and O–H groups in total. The summed E-state index contributed by atoms with van der Waals surface area (Å²) in [7, 11) is 0. The molecule has 0 saturated carbocycles. The molecule has 1 aliphatic heterocycles. The third-order valence-electron chi connectivity index (χ3n) is 6.59. The van der Waals surface area contributed by atoms with Crippen LogP contribution in [0.15, 0.2) is 114 Å². The van der Waals surface area contributed by atoms with Crippen LogP contribution in [0, 0.1) is 12.1 Å². The normalized spacial score (nSPS) is 11.8. The molecule has 0 atom stereocenters. The molecule has 3 aromatic heterocycles. The van der Waals surface area contributed by atoms with Crippen molar-refractivity contribution < 1.29 is 24.5 Å². The summed E-state index contributed by atoms with van der Waals surface area (Å²) in [6, 6.07) is 38.6. The summed E-state index contributed by atoms with van der Waals surface area (Å²) in [5, 5.41) is 2.23. The Labute approximate surface area is 233 Å². The first-order valence-corrected chi connectivity index (χ1v) is 12.2.